The third-order valence-electron chi connectivity index (χ3n) is 3.30. The summed E-state index contributed by atoms with van der Waals surface area (Å²) in [4.78, 5) is 12.0. The van der Waals surface area contributed by atoms with Crippen LogP contribution in [0.2, 0.25) is 5.02 Å². The first kappa shape index (κ1) is 17.2. The fourth-order valence-electron chi connectivity index (χ4n) is 2.04. The van der Waals surface area contributed by atoms with E-state index in [4.69, 9.17) is 21.1 Å². The minimum absolute atomic E-state index is 0.122. The minimum atomic E-state index is -0.122. The van der Waals surface area contributed by atoms with E-state index in [-0.39, 0.29) is 5.91 Å². The van der Waals surface area contributed by atoms with Crippen LogP contribution in [0.1, 0.15) is 29.3 Å². The zero-order chi connectivity index (χ0) is 16.7. The van der Waals surface area contributed by atoms with Gasteiger partial charge in [0, 0.05) is 22.7 Å². The molecule has 4 nitrogen and oxygen atoms in total. The average molecular weight is 334 g/mol. The van der Waals surface area contributed by atoms with E-state index in [9.17, 15) is 4.79 Å². The number of halogens is 1. The largest absolute Gasteiger partial charge is 0.493 e. The number of carbonyl (C=O) groups is 1. The third kappa shape index (κ3) is 4.63. The molecule has 2 aromatic rings. The number of rotatable bonds is 7. The summed E-state index contributed by atoms with van der Waals surface area (Å²) in [6.45, 7) is 2.98. The number of amides is 1. The molecule has 0 radical (unpaired) electrons. The predicted molar refractivity (Wildman–Crippen MR) is 91.4 cm³/mol. The highest BCUT2D eigenvalue weighted by molar-refractivity contribution is 6.31. The Morgan fingerprint density at radius 1 is 1.17 bits per heavy atom. The standard InChI is InChI=1S/C18H20ClNO3/c1-3-10-20-18(21)13-8-9-16(17(11-13)22-2)23-12-14-6-4-5-7-15(14)19/h4-9,11H,3,10,12H2,1-2H3,(H,20,21). The normalized spacial score (nSPS) is 10.2. The molecule has 23 heavy (non-hydrogen) atoms. The summed E-state index contributed by atoms with van der Waals surface area (Å²) in [5.41, 5.74) is 1.43. The summed E-state index contributed by atoms with van der Waals surface area (Å²) in [6, 6.07) is 12.6. The summed E-state index contributed by atoms with van der Waals surface area (Å²) in [5.74, 6) is 0.962. The fourth-order valence-corrected chi connectivity index (χ4v) is 2.23. The van der Waals surface area contributed by atoms with Gasteiger partial charge in [-0.3, -0.25) is 4.79 Å². The van der Waals surface area contributed by atoms with Crippen molar-refractivity contribution in [3.63, 3.8) is 0 Å². The Morgan fingerprint density at radius 3 is 2.65 bits per heavy atom. The van der Waals surface area contributed by atoms with Gasteiger partial charge in [-0.25, -0.2) is 0 Å². The number of carbonyl (C=O) groups excluding carboxylic acids is 1. The molecule has 2 aromatic carbocycles. The van der Waals surface area contributed by atoms with Crippen LogP contribution in [-0.2, 0) is 6.61 Å². The molecule has 0 aliphatic rings. The Bertz CT molecular complexity index is 673. The summed E-state index contributed by atoms with van der Waals surface area (Å²) < 4.78 is 11.1. The van der Waals surface area contributed by atoms with Gasteiger partial charge in [0.05, 0.1) is 7.11 Å². The zero-order valence-electron chi connectivity index (χ0n) is 13.3. The lowest BCUT2D eigenvalue weighted by Crippen LogP contribution is -2.23. The molecule has 0 atom stereocenters. The topological polar surface area (TPSA) is 47.6 Å². The van der Waals surface area contributed by atoms with Crippen LogP contribution in [-0.4, -0.2) is 19.6 Å². The number of ether oxygens (including phenoxy) is 2. The van der Waals surface area contributed by atoms with Crippen molar-refractivity contribution >= 4 is 17.5 Å². The number of methoxy groups -OCH3 is 1. The Labute approximate surface area is 141 Å². The van der Waals surface area contributed by atoms with Crippen LogP contribution in [0, 0.1) is 0 Å². The van der Waals surface area contributed by atoms with E-state index in [1.165, 1.54) is 0 Å². The molecule has 0 unspecified atom stereocenters. The molecule has 0 fully saturated rings. The second-order valence-corrected chi connectivity index (χ2v) is 5.41. The molecule has 0 aliphatic heterocycles. The van der Waals surface area contributed by atoms with Gasteiger partial charge in [0.2, 0.25) is 0 Å². The molecule has 0 heterocycles. The first-order valence-electron chi connectivity index (χ1n) is 7.48. The van der Waals surface area contributed by atoms with Gasteiger partial charge in [-0.2, -0.15) is 0 Å². The average Bonchev–Trinajstić information content (AvgIpc) is 2.58. The molecule has 0 spiro atoms. The Morgan fingerprint density at radius 2 is 1.96 bits per heavy atom. The fraction of sp³-hybridized carbons (Fsp3) is 0.278. The van der Waals surface area contributed by atoms with Crippen molar-refractivity contribution in [2.45, 2.75) is 20.0 Å². The van der Waals surface area contributed by atoms with Crippen LogP contribution in [0.5, 0.6) is 11.5 Å². The van der Waals surface area contributed by atoms with Crippen molar-refractivity contribution in [3.8, 4) is 11.5 Å². The smallest absolute Gasteiger partial charge is 0.251 e. The van der Waals surface area contributed by atoms with Crippen molar-refractivity contribution < 1.29 is 14.3 Å². The maximum Gasteiger partial charge on any atom is 0.251 e. The Balaban J connectivity index is 2.10. The maximum atomic E-state index is 12.0. The lowest BCUT2D eigenvalue weighted by atomic mass is 10.2. The summed E-state index contributed by atoms with van der Waals surface area (Å²) >= 11 is 6.12. The number of hydrogen-bond acceptors (Lipinski definition) is 3. The maximum absolute atomic E-state index is 12.0. The van der Waals surface area contributed by atoms with Crippen LogP contribution >= 0.6 is 11.6 Å². The molecule has 122 valence electrons. The van der Waals surface area contributed by atoms with Crippen LogP contribution in [0.4, 0.5) is 0 Å². The highest BCUT2D eigenvalue weighted by Gasteiger charge is 2.11. The minimum Gasteiger partial charge on any atom is -0.493 e. The second kappa shape index (κ2) is 8.44. The van der Waals surface area contributed by atoms with E-state index in [1.54, 1.807) is 25.3 Å². The molecule has 0 bridgehead atoms. The Kier molecular flexibility index (Phi) is 6.29. The van der Waals surface area contributed by atoms with Crippen LogP contribution in [0.3, 0.4) is 0 Å². The predicted octanol–water partition coefficient (Wildman–Crippen LogP) is 4.07. The van der Waals surface area contributed by atoms with Crippen LogP contribution in [0.15, 0.2) is 42.5 Å². The van der Waals surface area contributed by atoms with Crippen molar-refractivity contribution in [2.24, 2.45) is 0 Å². The number of benzene rings is 2. The quantitative estimate of drug-likeness (QED) is 0.831. The highest BCUT2D eigenvalue weighted by Crippen LogP contribution is 2.29. The lowest BCUT2D eigenvalue weighted by molar-refractivity contribution is 0.0953. The number of hydrogen-bond donors (Lipinski definition) is 1. The van der Waals surface area contributed by atoms with Gasteiger partial charge in [0.25, 0.3) is 5.91 Å². The molecule has 1 N–H and O–H groups in total. The van der Waals surface area contributed by atoms with E-state index in [0.717, 1.165) is 12.0 Å². The zero-order valence-corrected chi connectivity index (χ0v) is 14.0. The lowest BCUT2D eigenvalue weighted by Gasteiger charge is -2.13. The first-order chi connectivity index (χ1) is 11.2. The first-order valence-corrected chi connectivity index (χ1v) is 7.86. The van der Waals surface area contributed by atoms with E-state index in [1.807, 2.05) is 31.2 Å². The summed E-state index contributed by atoms with van der Waals surface area (Å²) in [5, 5.41) is 3.49. The van der Waals surface area contributed by atoms with Gasteiger partial charge in [-0.05, 0) is 30.7 Å². The monoisotopic (exact) mass is 333 g/mol. The van der Waals surface area contributed by atoms with Crippen molar-refractivity contribution in [2.75, 3.05) is 13.7 Å². The number of nitrogens with one attached hydrogen (secondary N) is 1. The second-order valence-electron chi connectivity index (χ2n) is 5.00. The van der Waals surface area contributed by atoms with E-state index >= 15 is 0 Å². The van der Waals surface area contributed by atoms with Crippen LogP contribution in [0.25, 0.3) is 0 Å². The molecular weight excluding hydrogens is 314 g/mol. The molecule has 0 saturated carbocycles. The molecule has 0 saturated heterocycles. The van der Waals surface area contributed by atoms with E-state index in [0.29, 0.717) is 35.2 Å². The van der Waals surface area contributed by atoms with Gasteiger partial charge >= 0.3 is 0 Å². The van der Waals surface area contributed by atoms with Crippen molar-refractivity contribution in [1.82, 2.24) is 5.32 Å². The van der Waals surface area contributed by atoms with Crippen LogP contribution < -0.4 is 14.8 Å². The van der Waals surface area contributed by atoms with Gasteiger partial charge < -0.3 is 14.8 Å². The van der Waals surface area contributed by atoms with Crippen molar-refractivity contribution in [3.05, 3.63) is 58.6 Å². The van der Waals surface area contributed by atoms with E-state index in [2.05, 4.69) is 5.32 Å². The van der Waals surface area contributed by atoms with E-state index < -0.39 is 0 Å². The molecular formula is C18H20ClNO3. The van der Waals surface area contributed by atoms with Gasteiger partial charge in [-0.1, -0.05) is 36.7 Å². The summed E-state index contributed by atoms with van der Waals surface area (Å²) in [6.07, 6.45) is 0.891. The van der Waals surface area contributed by atoms with Crippen molar-refractivity contribution in [1.29, 1.82) is 0 Å². The summed E-state index contributed by atoms with van der Waals surface area (Å²) in [7, 11) is 1.55. The third-order valence-corrected chi connectivity index (χ3v) is 3.67. The molecule has 2 rings (SSSR count). The molecule has 0 aliphatic carbocycles. The van der Waals surface area contributed by atoms with Gasteiger partial charge in [0.15, 0.2) is 11.5 Å². The Hall–Kier alpha value is -2.20. The van der Waals surface area contributed by atoms with Gasteiger partial charge in [0.1, 0.15) is 6.61 Å². The molecule has 1 amide bonds. The van der Waals surface area contributed by atoms with Gasteiger partial charge in [-0.15, -0.1) is 0 Å². The SMILES string of the molecule is CCCNC(=O)c1ccc(OCc2ccccc2Cl)c(OC)c1. The highest BCUT2D eigenvalue weighted by atomic mass is 35.5. The molecule has 5 heteroatoms. The molecule has 0 aromatic heterocycles.